The van der Waals surface area contributed by atoms with Gasteiger partial charge in [0.15, 0.2) is 11.5 Å². The van der Waals surface area contributed by atoms with Gasteiger partial charge in [-0.3, -0.25) is 0 Å². The Morgan fingerprint density at radius 1 is 1.16 bits per heavy atom. The topological polar surface area (TPSA) is 124 Å². The Hall–Kier alpha value is -3.62. The third kappa shape index (κ3) is 4.76. The maximum Gasteiger partial charge on any atom is 0.408 e. The van der Waals surface area contributed by atoms with Crippen LogP contribution in [0.4, 0.5) is 4.79 Å². The number of carbonyl (C=O) groups excluding carboxylic acids is 1. The number of amides is 1. The summed E-state index contributed by atoms with van der Waals surface area (Å²) in [5.74, 6) is -0.580. The van der Waals surface area contributed by atoms with Crippen LogP contribution < -0.4 is 10.1 Å². The van der Waals surface area contributed by atoms with E-state index < -0.39 is 23.7 Å². The molecule has 3 aromatic rings. The molecular weight excluding hydrogens is 402 g/mol. The molecule has 0 aliphatic heterocycles. The molecule has 3 rings (SSSR count). The van der Waals surface area contributed by atoms with Crippen LogP contribution in [0.25, 0.3) is 22.4 Å². The first-order chi connectivity index (χ1) is 14.5. The Kier molecular flexibility index (Phi) is 5.88. The number of rotatable bonds is 5. The summed E-state index contributed by atoms with van der Waals surface area (Å²) in [6.07, 6.45) is -0.691. The standard InChI is InChI=1S/C22H25N3O6/c1-11-7-8-13-14(9-10-15(29-6)16(13)23-11)19-25-17(20(26)27)18(30-19)12(2)24-21(28)31-22(3,4)5/h7-10,12H,1-6H3,(H,24,28)(H,26,27)/t12-/m0/s1. The molecule has 1 amide bonds. The second kappa shape index (κ2) is 8.25. The molecule has 1 aromatic carbocycles. The number of carboxylic acids is 1. The predicted octanol–water partition coefficient (Wildman–Crippen LogP) is 4.49. The molecule has 2 N–H and O–H groups in total. The monoisotopic (exact) mass is 427 g/mol. The van der Waals surface area contributed by atoms with Crippen molar-refractivity contribution >= 4 is 23.0 Å². The molecular formula is C22H25N3O6. The highest BCUT2D eigenvalue weighted by atomic mass is 16.6. The molecule has 0 fully saturated rings. The first-order valence-corrected chi connectivity index (χ1v) is 9.68. The molecule has 9 nitrogen and oxygen atoms in total. The molecule has 0 aliphatic rings. The van der Waals surface area contributed by atoms with E-state index >= 15 is 0 Å². The van der Waals surface area contributed by atoms with Gasteiger partial charge in [-0.2, -0.15) is 0 Å². The Balaban J connectivity index is 2.05. The minimum atomic E-state index is -1.27. The largest absolute Gasteiger partial charge is 0.494 e. The van der Waals surface area contributed by atoms with Crippen LogP contribution in [0.3, 0.4) is 0 Å². The number of pyridine rings is 1. The van der Waals surface area contributed by atoms with Crippen molar-refractivity contribution in [3.05, 3.63) is 41.4 Å². The van der Waals surface area contributed by atoms with Crippen LogP contribution in [0, 0.1) is 6.92 Å². The summed E-state index contributed by atoms with van der Waals surface area (Å²) in [5, 5.41) is 12.9. The van der Waals surface area contributed by atoms with Crippen molar-refractivity contribution in [1.82, 2.24) is 15.3 Å². The molecule has 31 heavy (non-hydrogen) atoms. The second-order valence-electron chi connectivity index (χ2n) is 8.07. The van der Waals surface area contributed by atoms with Crippen LogP contribution in [0.5, 0.6) is 5.75 Å². The third-order valence-electron chi connectivity index (χ3n) is 4.39. The van der Waals surface area contributed by atoms with Crippen LogP contribution in [-0.4, -0.2) is 39.8 Å². The fraction of sp³-hybridized carbons (Fsp3) is 0.364. The van der Waals surface area contributed by atoms with Gasteiger partial charge in [-0.25, -0.2) is 19.6 Å². The minimum Gasteiger partial charge on any atom is -0.494 e. The fourth-order valence-electron chi connectivity index (χ4n) is 3.08. The van der Waals surface area contributed by atoms with Crippen molar-refractivity contribution in [2.24, 2.45) is 0 Å². The number of oxazole rings is 1. The molecule has 0 bridgehead atoms. The molecule has 2 aromatic heterocycles. The summed E-state index contributed by atoms with van der Waals surface area (Å²) in [7, 11) is 1.55. The lowest BCUT2D eigenvalue weighted by molar-refractivity contribution is 0.0498. The normalized spacial score (nSPS) is 12.5. The lowest BCUT2D eigenvalue weighted by atomic mass is 10.1. The van der Waals surface area contributed by atoms with Crippen LogP contribution in [0.1, 0.15) is 55.7 Å². The number of nitrogens with one attached hydrogen (secondary N) is 1. The number of methoxy groups -OCH3 is 1. The molecule has 0 saturated carbocycles. The van der Waals surface area contributed by atoms with E-state index in [2.05, 4.69) is 15.3 Å². The maximum absolute atomic E-state index is 12.1. The number of alkyl carbamates (subject to hydrolysis) is 1. The van der Waals surface area contributed by atoms with Crippen LogP contribution in [-0.2, 0) is 4.74 Å². The van der Waals surface area contributed by atoms with Gasteiger partial charge in [-0.1, -0.05) is 6.07 Å². The van der Waals surface area contributed by atoms with Crippen molar-refractivity contribution in [3.8, 4) is 17.2 Å². The van der Waals surface area contributed by atoms with E-state index in [0.717, 1.165) is 5.69 Å². The summed E-state index contributed by atoms with van der Waals surface area (Å²) in [6, 6.07) is 6.34. The average Bonchev–Trinajstić information content (AvgIpc) is 3.11. The summed E-state index contributed by atoms with van der Waals surface area (Å²) in [4.78, 5) is 32.6. The van der Waals surface area contributed by atoms with Crippen molar-refractivity contribution in [3.63, 3.8) is 0 Å². The second-order valence-corrected chi connectivity index (χ2v) is 8.07. The highest BCUT2D eigenvalue weighted by Gasteiger charge is 2.28. The van der Waals surface area contributed by atoms with E-state index in [4.69, 9.17) is 13.9 Å². The van der Waals surface area contributed by atoms with Crippen LogP contribution >= 0.6 is 0 Å². The van der Waals surface area contributed by atoms with E-state index in [-0.39, 0.29) is 17.3 Å². The van der Waals surface area contributed by atoms with Gasteiger partial charge < -0.3 is 24.3 Å². The first kappa shape index (κ1) is 22.1. The predicted molar refractivity (Wildman–Crippen MR) is 113 cm³/mol. The van der Waals surface area contributed by atoms with E-state index in [9.17, 15) is 14.7 Å². The maximum atomic E-state index is 12.1. The van der Waals surface area contributed by atoms with Crippen molar-refractivity contribution in [2.75, 3.05) is 7.11 Å². The van der Waals surface area contributed by atoms with Crippen molar-refractivity contribution in [2.45, 2.75) is 46.3 Å². The average molecular weight is 427 g/mol. The van der Waals surface area contributed by atoms with E-state index in [0.29, 0.717) is 22.2 Å². The number of aryl methyl sites for hydroxylation is 1. The number of hydrogen-bond donors (Lipinski definition) is 2. The summed E-state index contributed by atoms with van der Waals surface area (Å²) in [6.45, 7) is 8.66. The zero-order valence-electron chi connectivity index (χ0n) is 18.3. The van der Waals surface area contributed by atoms with Crippen LogP contribution in [0.2, 0.25) is 0 Å². The van der Waals surface area contributed by atoms with E-state index in [1.807, 2.05) is 19.1 Å². The fourth-order valence-corrected chi connectivity index (χ4v) is 3.08. The zero-order chi connectivity index (χ0) is 22.9. The molecule has 0 aliphatic carbocycles. The molecule has 164 valence electrons. The summed E-state index contributed by atoms with van der Waals surface area (Å²) in [5.41, 5.74) is 0.984. The number of ether oxygens (including phenoxy) is 2. The van der Waals surface area contributed by atoms with Gasteiger partial charge in [0.25, 0.3) is 0 Å². The molecule has 0 radical (unpaired) electrons. The molecule has 0 spiro atoms. The highest BCUT2D eigenvalue weighted by molar-refractivity contribution is 5.97. The first-order valence-electron chi connectivity index (χ1n) is 9.68. The lowest BCUT2D eigenvalue weighted by Gasteiger charge is -2.21. The Labute approximate surface area is 179 Å². The third-order valence-corrected chi connectivity index (χ3v) is 4.39. The number of fused-ring (bicyclic) bond motifs is 1. The SMILES string of the molecule is COc1ccc(-c2nc(C(=O)O)c([C@H](C)NC(=O)OC(C)(C)C)o2)c2ccc(C)nc12. The number of carbonyl (C=O) groups is 2. The zero-order valence-corrected chi connectivity index (χ0v) is 18.3. The van der Waals surface area contributed by atoms with Gasteiger partial charge in [-0.05, 0) is 52.8 Å². The number of benzene rings is 1. The summed E-state index contributed by atoms with van der Waals surface area (Å²) >= 11 is 0. The number of carboxylic acid groups (broad SMARTS) is 1. The molecule has 0 saturated heterocycles. The van der Waals surface area contributed by atoms with Gasteiger partial charge in [0, 0.05) is 16.6 Å². The number of aromatic carboxylic acids is 1. The van der Waals surface area contributed by atoms with Gasteiger partial charge in [-0.15, -0.1) is 0 Å². The quantitative estimate of drug-likeness (QED) is 0.610. The number of aromatic nitrogens is 2. The number of hydrogen-bond acceptors (Lipinski definition) is 7. The van der Waals surface area contributed by atoms with Gasteiger partial charge in [0.05, 0.1) is 13.2 Å². The van der Waals surface area contributed by atoms with Crippen molar-refractivity contribution < 1.29 is 28.6 Å². The molecule has 9 heteroatoms. The van der Waals surface area contributed by atoms with Gasteiger partial charge in [0.1, 0.15) is 16.9 Å². The molecule has 0 unspecified atom stereocenters. The molecule has 2 heterocycles. The highest BCUT2D eigenvalue weighted by Crippen LogP contribution is 2.35. The Morgan fingerprint density at radius 3 is 2.48 bits per heavy atom. The van der Waals surface area contributed by atoms with Gasteiger partial charge in [0.2, 0.25) is 5.89 Å². The minimum absolute atomic E-state index is 0.0115. The Morgan fingerprint density at radius 2 is 1.87 bits per heavy atom. The number of nitrogens with zero attached hydrogens (tertiary/aromatic N) is 2. The smallest absolute Gasteiger partial charge is 0.408 e. The van der Waals surface area contributed by atoms with Gasteiger partial charge >= 0.3 is 12.1 Å². The Bertz CT molecular complexity index is 1150. The lowest BCUT2D eigenvalue weighted by Crippen LogP contribution is -2.34. The molecule has 1 atom stereocenters. The van der Waals surface area contributed by atoms with E-state index in [1.165, 1.54) is 0 Å². The van der Waals surface area contributed by atoms with Crippen molar-refractivity contribution in [1.29, 1.82) is 0 Å². The van der Waals surface area contributed by atoms with Crippen LogP contribution in [0.15, 0.2) is 28.7 Å². The van der Waals surface area contributed by atoms with E-state index in [1.54, 1.807) is 46.9 Å². The summed E-state index contributed by atoms with van der Waals surface area (Å²) < 4.78 is 16.5.